The molecule has 0 saturated carbocycles. The lowest BCUT2D eigenvalue weighted by Gasteiger charge is -2.24. The Labute approximate surface area is 105 Å². The Balaban J connectivity index is 0.00000225. The Hall–Kier alpha value is -0.320. The van der Waals surface area contributed by atoms with Crippen molar-refractivity contribution in [3.8, 4) is 0 Å². The van der Waals surface area contributed by atoms with Crippen LogP contribution in [0.2, 0.25) is 0 Å². The Morgan fingerprint density at radius 1 is 1.44 bits per heavy atom. The van der Waals surface area contributed by atoms with Gasteiger partial charge in [-0.3, -0.25) is 4.79 Å². The molecule has 0 aliphatic carbocycles. The van der Waals surface area contributed by atoms with Crippen molar-refractivity contribution in [2.24, 2.45) is 11.7 Å². The predicted octanol–water partition coefficient (Wildman–Crippen LogP) is 0.554. The van der Waals surface area contributed by atoms with Crippen LogP contribution in [0.4, 0.5) is 0 Å². The van der Waals surface area contributed by atoms with Crippen LogP contribution >= 0.6 is 12.4 Å². The molecule has 0 radical (unpaired) electrons. The van der Waals surface area contributed by atoms with E-state index in [0.29, 0.717) is 6.04 Å². The van der Waals surface area contributed by atoms with E-state index in [0.717, 1.165) is 19.5 Å². The third-order valence-corrected chi connectivity index (χ3v) is 3.21. The predicted molar refractivity (Wildman–Crippen MR) is 68.7 cm³/mol. The van der Waals surface area contributed by atoms with Crippen molar-refractivity contribution in [2.75, 3.05) is 27.2 Å². The van der Waals surface area contributed by atoms with Crippen LogP contribution in [0.1, 0.15) is 20.3 Å². The highest BCUT2D eigenvalue weighted by Gasteiger charge is 2.30. The van der Waals surface area contributed by atoms with E-state index in [1.54, 1.807) is 0 Å². The maximum Gasteiger partial charge on any atom is 0.239 e. The summed E-state index contributed by atoms with van der Waals surface area (Å²) in [7, 11) is 4.11. The molecule has 0 aromatic rings. The van der Waals surface area contributed by atoms with Gasteiger partial charge in [0.25, 0.3) is 0 Å². The molecule has 0 bridgehead atoms. The smallest absolute Gasteiger partial charge is 0.239 e. The van der Waals surface area contributed by atoms with Crippen molar-refractivity contribution < 1.29 is 4.79 Å². The van der Waals surface area contributed by atoms with Crippen LogP contribution in [-0.4, -0.2) is 55.0 Å². The monoisotopic (exact) mass is 249 g/mol. The molecule has 1 fully saturated rings. The number of nitrogens with two attached hydrogens (primary N) is 1. The molecule has 1 amide bonds. The second-order valence-electron chi connectivity index (χ2n) is 4.96. The molecular weight excluding hydrogens is 226 g/mol. The van der Waals surface area contributed by atoms with Crippen molar-refractivity contribution in [1.82, 2.24) is 9.80 Å². The second-order valence-corrected chi connectivity index (χ2v) is 4.96. The zero-order valence-electron chi connectivity index (χ0n) is 10.6. The van der Waals surface area contributed by atoms with Crippen molar-refractivity contribution in [3.05, 3.63) is 0 Å². The van der Waals surface area contributed by atoms with Gasteiger partial charge in [0.2, 0.25) is 5.91 Å². The zero-order valence-corrected chi connectivity index (χ0v) is 11.5. The first-order valence-corrected chi connectivity index (χ1v) is 5.64. The highest BCUT2D eigenvalue weighted by Crippen LogP contribution is 2.15. The van der Waals surface area contributed by atoms with Gasteiger partial charge in [0.05, 0.1) is 6.04 Å². The van der Waals surface area contributed by atoms with E-state index in [9.17, 15) is 4.79 Å². The average Bonchev–Trinajstić information content (AvgIpc) is 2.64. The molecule has 1 unspecified atom stereocenters. The third kappa shape index (κ3) is 3.61. The number of hydrogen-bond acceptors (Lipinski definition) is 3. The van der Waals surface area contributed by atoms with E-state index in [-0.39, 0.29) is 30.3 Å². The largest absolute Gasteiger partial charge is 0.340 e. The number of hydrogen-bond donors (Lipinski definition) is 1. The summed E-state index contributed by atoms with van der Waals surface area (Å²) in [6, 6.07) is 0.152. The van der Waals surface area contributed by atoms with Gasteiger partial charge in [0.1, 0.15) is 0 Å². The molecule has 0 aromatic heterocycles. The van der Waals surface area contributed by atoms with E-state index in [2.05, 4.69) is 19.0 Å². The van der Waals surface area contributed by atoms with E-state index in [4.69, 9.17) is 5.73 Å². The quantitative estimate of drug-likeness (QED) is 0.795. The van der Waals surface area contributed by atoms with Gasteiger partial charge in [0.15, 0.2) is 0 Å². The minimum Gasteiger partial charge on any atom is -0.340 e. The zero-order chi connectivity index (χ0) is 11.6. The molecule has 0 spiro atoms. The van der Waals surface area contributed by atoms with Gasteiger partial charge < -0.3 is 15.5 Å². The Kier molecular flexibility index (Phi) is 6.30. The molecule has 4 nitrogen and oxygen atoms in total. The maximum absolute atomic E-state index is 11.9. The third-order valence-electron chi connectivity index (χ3n) is 3.21. The Morgan fingerprint density at radius 2 is 2.00 bits per heavy atom. The van der Waals surface area contributed by atoms with Crippen LogP contribution in [0.25, 0.3) is 0 Å². The van der Waals surface area contributed by atoms with Crippen molar-refractivity contribution >= 4 is 18.3 Å². The molecule has 1 saturated heterocycles. The molecule has 96 valence electrons. The average molecular weight is 250 g/mol. The fourth-order valence-electron chi connectivity index (χ4n) is 1.86. The van der Waals surface area contributed by atoms with Crippen LogP contribution in [0.3, 0.4) is 0 Å². The van der Waals surface area contributed by atoms with Gasteiger partial charge >= 0.3 is 0 Å². The number of amides is 1. The van der Waals surface area contributed by atoms with Crippen molar-refractivity contribution in [2.45, 2.75) is 32.4 Å². The summed E-state index contributed by atoms with van der Waals surface area (Å²) in [6.07, 6.45) is 1.06. The van der Waals surface area contributed by atoms with Crippen molar-refractivity contribution in [1.29, 1.82) is 0 Å². The van der Waals surface area contributed by atoms with Gasteiger partial charge in [-0.2, -0.15) is 0 Å². The summed E-state index contributed by atoms with van der Waals surface area (Å²) in [5.74, 6) is 0.324. The maximum atomic E-state index is 11.9. The number of likely N-dealkylation sites (N-methyl/N-ethyl adjacent to an activating group) is 1. The van der Waals surface area contributed by atoms with E-state index >= 15 is 0 Å². The molecule has 0 aromatic carbocycles. The lowest BCUT2D eigenvalue weighted by atomic mass is 10.0. The van der Waals surface area contributed by atoms with Crippen LogP contribution in [-0.2, 0) is 4.79 Å². The SMILES string of the molecule is CC(C)[C@@H](N)C(=O)N1CCC(N(C)C)C1.Cl. The van der Waals surface area contributed by atoms with Crippen LogP contribution < -0.4 is 5.73 Å². The van der Waals surface area contributed by atoms with Crippen LogP contribution in [0.15, 0.2) is 0 Å². The second kappa shape index (κ2) is 6.42. The topological polar surface area (TPSA) is 49.6 Å². The number of likely N-dealkylation sites (tertiary alicyclic amines) is 1. The first-order valence-electron chi connectivity index (χ1n) is 5.64. The first kappa shape index (κ1) is 15.7. The molecule has 16 heavy (non-hydrogen) atoms. The molecule has 1 aliphatic rings. The first-order chi connectivity index (χ1) is 6.93. The summed E-state index contributed by atoms with van der Waals surface area (Å²) in [5, 5.41) is 0. The number of rotatable bonds is 3. The lowest BCUT2D eigenvalue weighted by Crippen LogP contribution is -2.46. The van der Waals surface area contributed by atoms with E-state index in [1.807, 2.05) is 18.7 Å². The fourth-order valence-corrected chi connectivity index (χ4v) is 1.86. The summed E-state index contributed by atoms with van der Waals surface area (Å²) >= 11 is 0. The summed E-state index contributed by atoms with van der Waals surface area (Å²) in [6.45, 7) is 5.65. The number of carbonyl (C=O) groups excluding carboxylic acids is 1. The highest BCUT2D eigenvalue weighted by atomic mass is 35.5. The minimum absolute atomic E-state index is 0. The fraction of sp³-hybridized carbons (Fsp3) is 0.909. The van der Waals surface area contributed by atoms with Crippen molar-refractivity contribution in [3.63, 3.8) is 0 Å². The Morgan fingerprint density at radius 3 is 2.38 bits per heavy atom. The standard InChI is InChI=1S/C11H23N3O.ClH/c1-8(2)10(12)11(15)14-6-5-9(7-14)13(3)4;/h8-10H,5-7,12H2,1-4H3;1H/t9?,10-;/m1./s1. The number of carbonyl (C=O) groups is 1. The molecule has 1 heterocycles. The summed E-state index contributed by atoms with van der Waals surface area (Å²) < 4.78 is 0. The lowest BCUT2D eigenvalue weighted by molar-refractivity contribution is -0.132. The summed E-state index contributed by atoms with van der Waals surface area (Å²) in [4.78, 5) is 16.0. The molecule has 1 rings (SSSR count). The molecular formula is C11H24ClN3O. The normalized spacial score (nSPS) is 22.4. The van der Waals surface area contributed by atoms with Gasteiger partial charge in [-0.25, -0.2) is 0 Å². The molecule has 1 aliphatic heterocycles. The van der Waals surface area contributed by atoms with E-state index < -0.39 is 0 Å². The van der Waals surface area contributed by atoms with E-state index in [1.165, 1.54) is 0 Å². The molecule has 2 atom stereocenters. The Bertz CT molecular complexity index is 233. The minimum atomic E-state index is -0.342. The van der Waals surface area contributed by atoms with Crippen LogP contribution in [0, 0.1) is 5.92 Å². The summed E-state index contributed by atoms with van der Waals surface area (Å²) in [5.41, 5.74) is 5.86. The van der Waals surface area contributed by atoms with Gasteiger partial charge in [-0.1, -0.05) is 13.8 Å². The number of halogens is 1. The van der Waals surface area contributed by atoms with Gasteiger partial charge in [0, 0.05) is 19.1 Å². The molecule has 2 N–H and O–H groups in total. The number of nitrogens with zero attached hydrogens (tertiary/aromatic N) is 2. The highest BCUT2D eigenvalue weighted by molar-refractivity contribution is 5.85. The van der Waals surface area contributed by atoms with Gasteiger partial charge in [-0.05, 0) is 26.4 Å². The van der Waals surface area contributed by atoms with Crippen LogP contribution in [0.5, 0.6) is 0 Å². The van der Waals surface area contributed by atoms with Gasteiger partial charge in [-0.15, -0.1) is 12.4 Å². The molecule has 5 heteroatoms.